The van der Waals surface area contributed by atoms with Crippen LogP contribution in [0.1, 0.15) is 46.7 Å². The summed E-state index contributed by atoms with van der Waals surface area (Å²) in [7, 11) is 5.25. The average molecular weight is 492 g/mol. The highest BCUT2D eigenvalue weighted by Gasteiger charge is 2.22. The van der Waals surface area contributed by atoms with Crippen molar-refractivity contribution in [2.24, 2.45) is 14.1 Å². The van der Waals surface area contributed by atoms with E-state index in [-0.39, 0.29) is 17.7 Å². The fraction of sp³-hybridized carbons (Fsp3) is 0.370. The lowest BCUT2D eigenvalue weighted by molar-refractivity contribution is -0.116. The van der Waals surface area contributed by atoms with Gasteiger partial charge in [0.25, 0.3) is 11.8 Å². The molecule has 0 saturated carbocycles. The lowest BCUT2D eigenvalue weighted by Crippen LogP contribution is -2.29. The van der Waals surface area contributed by atoms with Gasteiger partial charge in [-0.1, -0.05) is 12.1 Å². The Labute approximate surface area is 211 Å². The lowest BCUT2D eigenvalue weighted by atomic mass is 10.1. The standard InChI is InChI=1S/C27H33N5O4/c1-30-17-20(15-24(30)27(35)32-12-4-5-13-32)19-8-10-21(11-9-19)29-26(34)23-16-22(18-31(23)2)28-25(33)7-6-14-36-3/h8-11,15-18H,4-7,12-14H2,1-3H3,(H,28,33)(H,29,34). The molecule has 0 bridgehead atoms. The Bertz CT molecular complexity index is 1240. The summed E-state index contributed by atoms with van der Waals surface area (Å²) < 4.78 is 8.52. The number of benzene rings is 1. The van der Waals surface area contributed by atoms with Crippen molar-refractivity contribution in [3.63, 3.8) is 0 Å². The molecular weight excluding hydrogens is 458 g/mol. The number of carbonyl (C=O) groups excluding carboxylic acids is 3. The van der Waals surface area contributed by atoms with Crippen molar-refractivity contribution in [2.45, 2.75) is 25.7 Å². The third-order valence-electron chi connectivity index (χ3n) is 6.37. The molecule has 4 rings (SSSR count). The maximum Gasteiger partial charge on any atom is 0.272 e. The van der Waals surface area contributed by atoms with Crippen molar-refractivity contribution in [3.8, 4) is 11.1 Å². The molecule has 2 aromatic heterocycles. The first-order valence-electron chi connectivity index (χ1n) is 12.2. The van der Waals surface area contributed by atoms with E-state index in [2.05, 4.69) is 10.6 Å². The molecule has 2 N–H and O–H groups in total. The van der Waals surface area contributed by atoms with Crippen molar-refractivity contribution >= 4 is 29.1 Å². The van der Waals surface area contributed by atoms with Crippen LogP contribution in [0.3, 0.4) is 0 Å². The average Bonchev–Trinajstić information content (AvgIpc) is 3.60. The van der Waals surface area contributed by atoms with Gasteiger partial charge in [0.2, 0.25) is 5.91 Å². The van der Waals surface area contributed by atoms with Crippen LogP contribution in [-0.2, 0) is 23.6 Å². The first kappa shape index (κ1) is 25.2. The maximum absolute atomic E-state index is 12.8. The Morgan fingerprint density at radius 1 is 0.861 bits per heavy atom. The van der Waals surface area contributed by atoms with Gasteiger partial charge in [0.15, 0.2) is 0 Å². The van der Waals surface area contributed by atoms with Gasteiger partial charge < -0.3 is 29.4 Å². The number of anilines is 2. The molecule has 9 nitrogen and oxygen atoms in total. The number of aromatic nitrogens is 2. The van der Waals surface area contributed by atoms with Gasteiger partial charge in [-0.3, -0.25) is 14.4 Å². The Kier molecular flexibility index (Phi) is 7.90. The minimum atomic E-state index is -0.275. The van der Waals surface area contributed by atoms with Gasteiger partial charge in [-0.15, -0.1) is 0 Å². The fourth-order valence-electron chi connectivity index (χ4n) is 4.42. The molecule has 1 saturated heterocycles. The number of aryl methyl sites for hydroxylation is 2. The molecular formula is C27H33N5O4. The summed E-state index contributed by atoms with van der Waals surface area (Å²) in [6.45, 7) is 2.16. The minimum Gasteiger partial charge on any atom is -0.385 e. The van der Waals surface area contributed by atoms with Crippen LogP contribution in [0.2, 0.25) is 0 Å². The summed E-state index contributed by atoms with van der Waals surface area (Å²) in [6.07, 6.45) is 6.77. The van der Waals surface area contributed by atoms with Crippen molar-refractivity contribution in [3.05, 3.63) is 60.2 Å². The molecule has 0 atom stereocenters. The molecule has 190 valence electrons. The molecule has 1 aliphatic heterocycles. The quantitative estimate of drug-likeness (QED) is 0.444. The number of rotatable bonds is 9. The second-order valence-electron chi connectivity index (χ2n) is 9.13. The molecule has 0 unspecified atom stereocenters. The van der Waals surface area contributed by atoms with Crippen molar-refractivity contribution < 1.29 is 19.1 Å². The fourth-order valence-corrected chi connectivity index (χ4v) is 4.42. The zero-order valence-electron chi connectivity index (χ0n) is 21.0. The third-order valence-corrected chi connectivity index (χ3v) is 6.37. The Balaban J connectivity index is 1.39. The van der Waals surface area contributed by atoms with Crippen molar-refractivity contribution in [2.75, 3.05) is 37.4 Å². The van der Waals surface area contributed by atoms with E-state index in [9.17, 15) is 14.4 Å². The number of nitrogens with one attached hydrogen (secondary N) is 2. The number of likely N-dealkylation sites (tertiary alicyclic amines) is 1. The van der Waals surface area contributed by atoms with Crippen molar-refractivity contribution in [1.82, 2.24) is 14.0 Å². The molecule has 1 fully saturated rings. The highest BCUT2D eigenvalue weighted by molar-refractivity contribution is 6.04. The van der Waals surface area contributed by atoms with E-state index in [0.717, 1.165) is 37.1 Å². The Hall–Kier alpha value is -3.85. The van der Waals surface area contributed by atoms with Crippen LogP contribution in [0.5, 0.6) is 0 Å². The minimum absolute atomic E-state index is 0.0678. The van der Waals surface area contributed by atoms with E-state index < -0.39 is 0 Å². The van der Waals surface area contributed by atoms with Gasteiger partial charge in [0.05, 0.1) is 5.69 Å². The molecule has 0 radical (unpaired) electrons. The van der Waals surface area contributed by atoms with Crippen LogP contribution in [0, 0.1) is 0 Å². The topological polar surface area (TPSA) is 97.6 Å². The molecule has 36 heavy (non-hydrogen) atoms. The van der Waals surface area contributed by atoms with E-state index in [1.54, 1.807) is 31.0 Å². The largest absolute Gasteiger partial charge is 0.385 e. The van der Waals surface area contributed by atoms with Crippen LogP contribution in [0.15, 0.2) is 48.8 Å². The Morgan fingerprint density at radius 3 is 2.25 bits per heavy atom. The highest BCUT2D eigenvalue weighted by atomic mass is 16.5. The molecule has 3 amide bonds. The second kappa shape index (κ2) is 11.3. The smallest absolute Gasteiger partial charge is 0.272 e. The molecule has 1 aliphatic rings. The van der Waals surface area contributed by atoms with Gasteiger partial charge in [-0.25, -0.2) is 0 Å². The predicted octanol–water partition coefficient (Wildman–Crippen LogP) is 3.88. The molecule has 3 heterocycles. The number of ether oxygens (including phenoxy) is 1. The Morgan fingerprint density at radius 2 is 1.56 bits per heavy atom. The lowest BCUT2D eigenvalue weighted by Gasteiger charge is -2.15. The molecule has 3 aromatic rings. The number of hydrogen-bond donors (Lipinski definition) is 2. The highest BCUT2D eigenvalue weighted by Crippen LogP contribution is 2.25. The monoisotopic (exact) mass is 491 g/mol. The van der Waals surface area contributed by atoms with Crippen LogP contribution in [-0.4, -0.2) is 58.6 Å². The number of nitrogens with zero attached hydrogens (tertiary/aromatic N) is 3. The summed E-state index contributed by atoms with van der Waals surface area (Å²) in [5.74, 6) is -0.326. The van der Waals surface area contributed by atoms with Gasteiger partial charge in [0.1, 0.15) is 11.4 Å². The van der Waals surface area contributed by atoms with Gasteiger partial charge in [-0.2, -0.15) is 0 Å². The van der Waals surface area contributed by atoms with Crippen LogP contribution in [0.4, 0.5) is 11.4 Å². The van der Waals surface area contributed by atoms with E-state index in [4.69, 9.17) is 4.74 Å². The van der Waals surface area contributed by atoms with Gasteiger partial charge in [0, 0.05) is 71.0 Å². The first-order valence-corrected chi connectivity index (χ1v) is 12.2. The summed E-state index contributed by atoms with van der Waals surface area (Å²) in [5.41, 5.74) is 4.24. The summed E-state index contributed by atoms with van der Waals surface area (Å²) in [4.78, 5) is 39.6. The summed E-state index contributed by atoms with van der Waals surface area (Å²) in [6, 6.07) is 11.1. The van der Waals surface area contributed by atoms with Gasteiger partial charge >= 0.3 is 0 Å². The third kappa shape index (κ3) is 5.85. The SMILES string of the molecule is COCCCC(=O)Nc1cc(C(=O)Nc2ccc(-c3cc(C(=O)N4CCCC4)n(C)c3)cc2)n(C)c1. The predicted molar refractivity (Wildman–Crippen MR) is 139 cm³/mol. The zero-order valence-corrected chi connectivity index (χ0v) is 21.0. The number of amides is 3. The van der Waals surface area contributed by atoms with E-state index in [1.165, 1.54) is 0 Å². The molecule has 1 aromatic carbocycles. The molecule has 0 spiro atoms. The first-order chi connectivity index (χ1) is 17.4. The number of carbonyl (C=O) groups is 3. The number of hydrogen-bond acceptors (Lipinski definition) is 4. The number of methoxy groups -OCH3 is 1. The summed E-state index contributed by atoms with van der Waals surface area (Å²) >= 11 is 0. The van der Waals surface area contributed by atoms with E-state index >= 15 is 0 Å². The second-order valence-corrected chi connectivity index (χ2v) is 9.13. The van der Waals surface area contributed by atoms with E-state index in [0.29, 0.717) is 42.2 Å². The maximum atomic E-state index is 12.8. The normalized spacial score (nSPS) is 13.1. The van der Waals surface area contributed by atoms with Crippen LogP contribution in [0.25, 0.3) is 11.1 Å². The molecule has 0 aliphatic carbocycles. The van der Waals surface area contributed by atoms with Crippen LogP contribution >= 0.6 is 0 Å². The summed E-state index contributed by atoms with van der Waals surface area (Å²) in [5, 5.41) is 5.72. The van der Waals surface area contributed by atoms with Crippen LogP contribution < -0.4 is 10.6 Å². The van der Waals surface area contributed by atoms with Gasteiger partial charge in [-0.05, 0) is 49.1 Å². The van der Waals surface area contributed by atoms with Crippen molar-refractivity contribution in [1.29, 1.82) is 0 Å². The van der Waals surface area contributed by atoms with E-state index in [1.807, 2.05) is 53.0 Å². The molecule has 9 heteroatoms. The zero-order chi connectivity index (χ0) is 25.7.